The van der Waals surface area contributed by atoms with Gasteiger partial charge in [-0.3, -0.25) is 4.79 Å². The van der Waals surface area contributed by atoms with Crippen LogP contribution in [0.3, 0.4) is 0 Å². The van der Waals surface area contributed by atoms with Crippen LogP contribution in [-0.4, -0.2) is 22.8 Å². The van der Waals surface area contributed by atoms with E-state index in [1.165, 1.54) is 0 Å². The van der Waals surface area contributed by atoms with E-state index in [0.29, 0.717) is 34.5 Å². The van der Waals surface area contributed by atoms with E-state index in [1.54, 1.807) is 31.2 Å². The fraction of sp³-hybridized carbons (Fsp3) is 0.250. The number of aryl methyl sites for hydroxylation is 1. The third-order valence-electron chi connectivity index (χ3n) is 4.30. The van der Waals surface area contributed by atoms with Crippen molar-refractivity contribution in [1.82, 2.24) is 15.5 Å². The first-order valence-electron chi connectivity index (χ1n) is 8.81. The molecule has 0 fully saturated rings. The molecule has 2 aromatic carbocycles. The monoisotopic (exact) mass is 381 g/mol. The van der Waals surface area contributed by atoms with E-state index in [1.807, 2.05) is 25.1 Å². The molecule has 8 heteroatoms. The predicted octanol–water partition coefficient (Wildman–Crippen LogP) is 3.18. The summed E-state index contributed by atoms with van der Waals surface area (Å²) in [5.41, 5.74) is 1.48. The molecule has 4 rings (SSSR count). The maximum atomic E-state index is 12.5. The predicted molar refractivity (Wildman–Crippen MR) is 98.3 cm³/mol. The summed E-state index contributed by atoms with van der Waals surface area (Å²) in [7, 11) is 0. The van der Waals surface area contributed by atoms with Crippen molar-refractivity contribution in [3.63, 3.8) is 0 Å². The topological polar surface area (TPSA) is 95.7 Å². The molecule has 3 aromatic rings. The number of fused-ring (bicyclic) bond motifs is 1. The smallest absolute Gasteiger partial charge is 0.251 e. The van der Waals surface area contributed by atoms with Crippen LogP contribution in [-0.2, 0) is 6.61 Å². The maximum Gasteiger partial charge on any atom is 0.251 e. The van der Waals surface area contributed by atoms with Crippen molar-refractivity contribution in [1.29, 1.82) is 0 Å². The molecule has 0 radical (unpaired) electrons. The molecule has 0 bridgehead atoms. The zero-order valence-electron chi connectivity index (χ0n) is 15.5. The van der Waals surface area contributed by atoms with Gasteiger partial charge in [0.15, 0.2) is 18.1 Å². The van der Waals surface area contributed by atoms with Crippen LogP contribution < -0.4 is 19.5 Å². The lowest BCUT2D eigenvalue weighted by molar-refractivity contribution is 0.0939. The van der Waals surface area contributed by atoms with Gasteiger partial charge in [-0.2, -0.15) is 4.98 Å². The zero-order valence-corrected chi connectivity index (χ0v) is 15.5. The van der Waals surface area contributed by atoms with Gasteiger partial charge in [0, 0.05) is 12.5 Å². The van der Waals surface area contributed by atoms with Crippen molar-refractivity contribution in [2.45, 2.75) is 26.5 Å². The number of amides is 1. The Kier molecular flexibility index (Phi) is 4.84. The first-order valence-corrected chi connectivity index (χ1v) is 8.81. The summed E-state index contributed by atoms with van der Waals surface area (Å²) in [5.74, 6) is 2.80. The molecule has 0 saturated carbocycles. The summed E-state index contributed by atoms with van der Waals surface area (Å²) in [6.45, 7) is 4.05. The minimum Gasteiger partial charge on any atom is -0.485 e. The van der Waals surface area contributed by atoms with Gasteiger partial charge < -0.3 is 24.1 Å². The van der Waals surface area contributed by atoms with E-state index >= 15 is 0 Å². The molecule has 1 aliphatic heterocycles. The molecule has 1 aromatic heterocycles. The molecule has 1 atom stereocenters. The Labute approximate surface area is 161 Å². The van der Waals surface area contributed by atoms with E-state index in [-0.39, 0.29) is 25.3 Å². The highest BCUT2D eigenvalue weighted by molar-refractivity contribution is 5.94. The first-order chi connectivity index (χ1) is 13.6. The Morgan fingerprint density at radius 2 is 1.96 bits per heavy atom. The van der Waals surface area contributed by atoms with E-state index in [9.17, 15) is 4.79 Å². The minimum absolute atomic E-state index is 0.175. The van der Waals surface area contributed by atoms with Gasteiger partial charge in [0.05, 0.1) is 6.04 Å². The molecule has 0 spiro atoms. The SMILES string of the molecule is Cc1nc(COc2ccc(C(=O)NC(C)c3ccc4c(c3)OCO4)cc2)no1. The largest absolute Gasteiger partial charge is 0.485 e. The van der Waals surface area contributed by atoms with Crippen LogP contribution in [0.5, 0.6) is 17.2 Å². The third-order valence-corrected chi connectivity index (χ3v) is 4.30. The van der Waals surface area contributed by atoms with E-state index in [2.05, 4.69) is 15.5 Å². The van der Waals surface area contributed by atoms with E-state index < -0.39 is 0 Å². The number of nitrogens with one attached hydrogen (secondary N) is 1. The molecule has 2 heterocycles. The fourth-order valence-corrected chi connectivity index (χ4v) is 2.80. The molecule has 8 nitrogen and oxygen atoms in total. The lowest BCUT2D eigenvalue weighted by Crippen LogP contribution is -2.26. The number of carbonyl (C=O) groups is 1. The molecule has 1 unspecified atom stereocenters. The van der Waals surface area contributed by atoms with Gasteiger partial charge in [-0.1, -0.05) is 11.2 Å². The molecular formula is C20H19N3O5. The molecule has 0 saturated heterocycles. The number of aromatic nitrogens is 2. The van der Waals surface area contributed by atoms with Crippen molar-refractivity contribution < 1.29 is 23.5 Å². The average molecular weight is 381 g/mol. The first kappa shape index (κ1) is 17.8. The highest BCUT2D eigenvalue weighted by atomic mass is 16.7. The molecule has 1 N–H and O–H groups in total. The van der Waals surface area contributed by atoms with Crippen LogP contribution in [0.1, 0.15) is 40.6 Å². The second-order valence-corrected chi connectivity index (χ2v) is 6.35. The van der Waals surface area contributed by atoms with Gasteiger partial charge in [0.1, 0.15) is 5.75 Å². The fourth-order valence-electron chi connectivity index (χ4n) is 2.80. The lowest BCUT2D eigenvalue weighted by atomic mass is 10.1. The van der Waals surface area contributed by atoms with E-state index in [4.69, 9.17) is 18.7 Å². The molecular weight excluding hydrogens is 362 g/mol. The van der Waals surface area contributed by atoms with Gasteiger partial charge >= 0.3 is 0 Å². The number of rotatable bonds is 6. The summed E-state index contributed by atoms with van der Waals surface area (Å²) in [6.07, 6.45) is 0. The maximum absolute atomic E-state index is 12.5. The van der Waals surface area contributed by atoms with Crippen LogP contribution >= 0.6 is 0 Å². The van der Waals surface area contributed by atoms with Crippen molar-refractivity contribution in [3.05, 3.63) is 65.3 Å². The van der Waals surface area contributed by atoms with Crippen LogP contribution in [0.15, 0.2) is 47.0 Å². The molecule has 1 amide bonds. The van der Waals surface area contributed by atoms with Gasteiger partial charge in [0.2, 0.25) is 18.5 Å². The number of ether oxygens (including phenoxy) is 3. The molecule has 28 heavy (non-hydrogen) atoms. The summed E-state index contributed by atoms with van der Waals surface area (Å²) in [4.78, 5) is 16.6. The van der Waals surface area contributed by atoms with Crippen LogP contribution in [0.25, 0.3) is 0 Å². The van der Waals surface area contributed by atoms with Crippen LogP contribution in [0.2, 0.25) is 0 Å². The molecule has 1 aliphatic rings. The summed E-state index contributed by atoms with van der Waals surface area (Å²) >= 11 is 0. The normalized spacial score (nSPS) is 13.2. The Bertz CT molecular complexity index is 984. The third kappa shape index (κ3) is 3.90. The Hall–Kier alpha value is -3.55. The quantitative estimate of drug-likeness (QED) is 0.700. The Balaban J connectivity index is 1.35. The summed E-state index contributed by atoms with van der Waals surface area (Å²) in [6, 6.07) is 12.3. The van der Waals surface area contributed by atoms with Gasteiger partial charge in [0.25, 0.3) is 5.91 Å². The Morgan fingerprint density at radius 1 is 1.18 bits per heavy atom. The van der Waals surface area contributed by atoms with Gasteiger partial charge in [-0.25, -0.2) is 0 Å². The molecule has 144 valence electrons. The summed E-state index contributed by atoms with van der Waals surface area (Å²) in [5, 5.41) is 6.74. The standard InChI is InChI=1S/C20H19N3O5/c1-12(15-5-8-17-18(9-15)27-11-26-17)21-20(24)14-3-6-16(7-4-14)25-10-19-22-13(2)28-23-19/h3-9,12H,10-11H2,1-2H3,(H,21,24). The second-order valence-electron chi connectivity index (χ2n) is 6.35. The van der Waals surface area contributed by atoms with Crippen molar-refractivity contribution in [3.8, 4) is 17.2 Å². The van der Waals surface area contributed by atoms with Crippen LogP contribution in [0, 0.1) is 6.92 Å². The van der Waals surface area contributed by atoms with Gasteiger partial charge in [-0.05, 0) is 48.9 Å². The Morgan fingerprint density at radius 3 is 2.71 bits per heavy atom. The zero-order chi connectivity index (χ0) is 19.5. The van der Waals surface area contributed by atoms with Crippen LogP contribution in [0.4, 0.5) is 0 Å². The van der Waals surface area contributed by atoms with Crippen molar-refractivity contribution in [2.75, 3.05) is 6.79 Å². The number of hydrogen-bond acceptors (Lipinski definition) is 7. The van der Waals surface area contributed by atoms with Gasteiger partial charge in [-0.15, -0.1) is 0 Å². The number of carbonyl (C=O) groups excluding carboxylic acids is 1. The highest BCUT2D eigenvalue weighted by Crippen LogP contribution is 2.34. The number of benzene rings is 2. The number of hydrogen-bond donors (Lipinski definition) is 1. The average Bonchev–Trinajstić information content (AvgIpc) is 3.34. The lowest BCUT2D eigenvalue weighted by Gasteiger charge is -2.15. The van der Waals surface area contributed by atoms with Crippen molar-refractivity contribution >= 4 is 5.91 Å². The van der Waals surface area contributed by atoms with Crippen molar-refractivity contribution in [2.24, 2.45) is 0 Å². The minimum atomic E-state index is -0.181. The number of nitrogens with zero attached hydrogens (tertiary/aromatic N) is 2. The molecule has 0 aliphatic carbocycles. The summed E-state index contributed by atoms with van der Waals surface area (Å²) < 4.78 is 21.2. The van der Waals surface area contributed by atoms with E-state index in [0.717, 1.165) is 5.56 Å². The highest BCUT2D eigenvalue weighted by Gasteiger charge is 2.17. The second kappa shape index (κ2) is 7.59.